The molecular weight excluding hydrogens is 246 g/mol. The molecule has 1 aromatic carbocycles. The Morgan fingerprint density at radius 3 is 2.53 bits per heavy atom. The van der Waals surface area contributed by atoms with Gasteiger partial charge in [0.15, 0.2) is 0 Å². The molecule has 0 aliphatic rings. The van der Waals surface area contributed by atoms with Crippen LogP contribution in [0.3, 0.4) is 0 Å². The molecule has 0 unspecified atom stereocenters. The Morgan fingerprint density at radius 1 is 1.37 bits per heavy atom. The van der Waals surface area contributed by atoms with Crippen LogP contribution in [-0.4, -0.2) is 24.0 Å². The summed E-state index contributed by atoms with van der Waals surface area (Å²) < 4.78 is 4.95. The van der Waals surface area contributed by atoms with Crippen molar-refractivity contribution < 1.29 is 14.3 Å². The number of anilines is 2. The molecule has 19 heavy (non-hydrogen) atoms. The number of para-hydroxylation sites is 1. The fourth-order valence-electron chi connectivity index (χ4n) is 1.46. The number of hydrogen-bond acceptors (Lipinski definition) is 5. The number of nitrogens with one attached hydrogen (secondary N) is 1. The summed E-state index contributed by atoms with van der Waals surface area (Å²) in [5.74, 6) is -1.05. The highest BCUT2D eigenvalue weighted by Gasteiger charge is 2.27. The number of primary amides is 1. The molecule has 0 saturated heterocycles. The fraction of sp³-hybridized carbons (Fsp3) is 0.385. The van der Waals surface area contributed by atoms with E-state index in [0.29, 0.717) is 11.4 Å². The van der Waals surface area contributed by atoms with Crippen molar-refractivity contribution in [2.75, 3.05) is 17.7 Å². The van der Waals surface area contributed by atoms with Gasteiger partial charge < -0.3 is 21.5 Å². The maximum absolute atomic E-state index is 11.8. The van der Waals surface area contributed by atoms with E-state index in [1.165, 1.54) is 0 Å². The van der Waals surface area contributed by atoms with Crippen LogP contribution in [0.25, 0.3) is 0 Å². The lowest BCUT2D eigenvalue weighted by molar-refractivity contribution is -0.121. The Kier molecular flexibility index (Phi) is 4.37. The minimum Gasteiger partial charge on any atom is -0.462 e. The molecule has 0 saturated carbocycles. The van der Waals surface area contributed by atoms with Gasteiger partial charge in [-0.3, -0.25) is 4.79 Å². The average Bonchev–Trinajstić information content (AvgIpc) is 2.31. The number of carbonyl (C=O) groups is 2. The smallest absolute Gasteiger partial charge is 0.340 e. The molecule has 6 heteroatoms. The van der Waals surface area contributed by atoms with E-state index in [0.717, 1.165) is 0 Å². The lowest BCUT2D eigenvalue weighted by atomic mass is 10.0. The molecule has 0 radical (unpaired) electrons. The van der Waals surface area contributed by atoms with Crippen molar-refractivity contribution in [1.29, 1.82) is 0 Å². The number of carbonyl (C=O) groups excluding carboxylic acids is 2. The molecule has 0 aliphatic heterocycles. The summed E-state index contributed by atoms with van der Waals surface area (Å²) in [6, 6.07) is 4.85. The van der Waals surface area contributed by atoms with Gasteiger partial charge in [-0.25, -0.2) is 4.79 Å². The van der Waals surface area contributed by atoms with E-state index in [-0.39, 0.29) is 12.2 Å². The highest BCUT2D eigenvalue weighted by atomic mass is 16.5. The van der Waals surface area contributed by atoms with E-state index in [4.69, 9.17) is 16.2 Å². The van der Waals surface area contributed by atoms with Crippen molar-refractivity contribution >= 4 is 23.3 Å². The number of rotatable bonds is 5. The molecule has 1 aromatic rings. The van der Waals surface area contributed by atoms with Gasteiger partial charge >= 0.3 is 5.97 Å². The van der Waals surface area contributed by atoms with Crippen molar-refractivity contribution in [3.05, 3.63) is 23.8 Å². The minimum absolute atomic E-state index is 0.256. The lowest BCUT2D eigenvalue weighted by Gasteiger charge is -2.26. The zero-order chi connectivity index (χ0) is 14.6. The van der Waals surface area contributed by atoms with E-state index < -0.39 is 17.4 Å². The predicted molar refractivity (Wildman–Crippen MR) is 73.7 cm³/mol. The first-order valence-corrected chi connectivity index (χ1v) is 5.93. The van der Waals surface area contributed by atoms with Crippen LogP contribution in [0.4, 0.5) is 11.4 Å². The zero-order valence-electron chi connectivity index (χ0n) is 11.3. The monoisotopic (exact) mass is 265 g/mol. The molecule has 6 nitrogen and oxygen atoms in total. The Labute approximate surface area is 112 Å². The van der Waals surface area contributed by atoms with Gasteiger partial charge in [-0.1, -0.05) is 6.07 Å². The second-order valence-electron chi connectivity index (χ2n) is 4.60. The normalized spacial score (nSPS) is 10.9. The molecule has 0 spiro atoms. The van der Waals surface area contributed by atoms with Crippen molar-refractivity contribution in [3.63, 3.8) is 0 Å². The molecule has 0 fully saturated rings. The van der Waals surface area contributed by atoms with Crippen molar-refractivity contribution in [2.24, 2.45) is 5.73 Å². The molecule has 0 heterocycles. The molecule has 0 aliphatic carbocycles. The van der Waals surface area contributed by atoms with Crippen LogP contribution >= 0.6 is 0 Å². The summed E-state index contributed by atoms with van der Waals surface area (Å²) in [5.41, 5.74) is 11.1. The summed E-state index contributed by atoms with van der Waals surface area (Å²) in [4.78, 5) is 23.2. The van der Waals surface area contributed by atoms with Gasteiger partial charge in [0.2, 0.25) is 5.91 Å². The third-order valence-corrected chi connectivity index (χ3v) is 2.65. The zero-order valence-corrected chi connectivity index (χ0v) is 11.3. The van der Waals surface area contributed by atoms with Crippen molar-refractivity contribution in [1.82, 2.24) is 0 Å². The SMILES string of the molecule is CCOC(=O)c1cccc(N)c1NC(C)(C)C(N)=O. The highest BCUT2D eigenvalue weighted by Crippen LogP contribution is 2.27. The third-order valence-electron chi connectivity index (χ3n) is 2.65. The minimum atomic E-state index is -1.03. The number of nitrogens with two attached hydrogens (primary N) is 2. The van der Waals surface area contributed by atoms with Crippen LogP contribution in [0.15, 0.2) is 18.2 Å². The van der Waals surface area contributed by atoms with Gasteiger partial charge in [-0.15, -0.1) is 0 Å². The number of esters is 1. The fourth-order valence-corrected chi connectivity index (χ4v) is 1.46. The van der Waals surface area contributed by atoms with Crippen LogP contribution < -0.4 is 16.8 Å². The third kappa shape index (κ3) is 3.37. The van der Waals surface area contributed by atoms with Gasteiger partial charge in [-0.05, 0) is 32.9 Å². The van der Waals surface area contributed by atoms with E-state index in [1.807, 2.05) is 0 Å². The first-order valence-electron chi connectivity index (χ1n) is 5.93. The first kappa shape index (κ1) is 14.8. The molecule has 0 bridgehead atoms. The quantitative estimate of drug-likeness (QED) is 0.546. The molecule has 1 amide bonds. The van der Waals surface area contributed by atoms with Crippen LogP contribution in [0.1, 0.15) is 31.1 Å². The van der Waals surface area contributed by atoms with Crippen LogP contribution in [-0.2, 0) is 9.53 Å². The van der Waals surface area contributed by atoms with E-state index in [2.05, 4.69) is 5.32 Å². The van der Waals surface area contributed by atoms with E-state index in [9.17, 15) is 9.59 Å². The Morgan fingerprint density at radius 2 is 2.00 bits per heavy atom. The van der Waals surface area contributed by atoms with Gasteiger partial charge in [0.05, 0.1) is 23.5 Å². The number of hydrogen-bond donors (Lipinski definition) is 3. The Hall–Kier alpha value is -2.24. The molecular formula is C13H19N3O3. The largest absolute Gasteiger partial charge is 0.462 e. The van der Waals surface area contributed by atoms with E-state index in [1.54, 1.807) is 39.0 Å². The summed E-state index contributed by atoms with van der Waals surface area (Å²) in [6.07, 6.45) is 0. The van der Waals surface area contributed by atoms with Gasteiger partial charge in [0.25, 0.3) is 0 Å². The van der Waals surface area contributed by atoms with Crippen LogP contribution in [0.5, 0.6) is 0 Å². The summed E-state index contributed by atoms with van der Waals surface area (Å²) in [6.45, 7) is 5.18. The second kappa shape index (κ2) is 5.60. The Balaban J connectivity index is 3.19. The van der Waals surface area contributed by atoms with Crippen molar-refractivity contribution in [3.8, 4) is 0 Å². The second-order valence-corrected chi connectivity index (χ2v) is 4.60. The van der Waals surface area contributed by atoms with Gasteiger partial charge in [-0.2, -0.15) is 0 Å². The average molecular weight is 265 g/mol. The summed E-state index contributed by atoms with van der Waals surface area (Å²) in [5, 5.41) is 2.89. The molecule has 104 valence electrons. The maximum Gasteiger partial charge on any atom is 0.340 e. The van der Waals surface area contributed by atoms with Crippen LogP contribution in [0, 0.1) is 0 Å². The van der Waals surface area contributed by atoms with E-state index >= 15 is 0 Å². The van der Waals surface area contributed by atoms with Gasteiger partial charge in [0.1, 0.15) is 5.54 Å². The standard InChI is InChI=1S/C13H19N3O3/c1-4-19-11(17)8-6-5-7-9(14)10(8)16-13(2,3)12(15)18/h5-7,16H,4,14H2,1-3H3,(H2,15,18). The van der Waals surface area contributed by atoms with Crippen LogP contribution in [0.2, 0.25) is 0 Å². The summed E-state index contributed by atoms with van der Waals surface area (Å²) >= 11 is 0. The molecule has 0 aromatic heterocycles. The highest BCUT2D eigenvalue weighted by molar-refractivity contribution is 6.00. The lowest BCUT2D eigenvalue weighted by Crippen LogP contribution is -2.45. The molecule has 1 rings (SSSR count). The molecule has 0 atom stereocenters. The number of nitrogen functional groups attached to an aromatic ring is 1. The maximum atomic E-state index is 11.8. The van der Waals surface area contributed by atoms with Gasteiger partial charge in [0, 0.05) is 0 Å². The topological polar surface area (TPSA) is 107 Å². The number of ether oxygens (including phenoxy) is 1. The predicted octanol–water partition coefficient (Wildman–Crippen LogP) is 1.12. The molecule has 5 N–H and O–H groups in total. The number of amides is 1. The first-order chi connectivity index (χ1) is 8.79. The summed E-state index contributed by atoms with van der Waals surface area (Å²) in [7, 11) is 0. The van der Waals surface area contributed by atoms with Crippen molar-refractivity contribution in [2.45, 2.75) is 26.3 Å². The number of benzene rings is 1. The Bertz CT molecular complexity index is 498.